The summed E-state index contributed by atoms with van der Waals surface area (Å²) in [6.45, 7) is 11.8. The van der Waals surface area contributed by atoms with Gasteiger partial charge in [0.15, 0.2) is 0 Å². The Morgan fingerprint density at radius 2 is 2.00 bits per heavy atom. The minimum atomic E-state index is 0.254. The molecule has 0 aromatic carbocycles. The number of hydrogen-bond donors (Lipinski definition) is 1. The number of rotatable bonds is 8. The molecule has 1 saturated carbocycles. The van der Waals surface area contributed by atoms with Crippen LogP contribution in [0.15, 0.2) is 0 Å². The van der Waals surface area contributed by atoms with Crippen LogP contribution in [-0.4, -0.2) is 25.8 Å². The summed E-state index contributed by atoms with van der Waals surface area (Å²) in [7, 11) is 0. The third-order valence-corrected chi connectivity index (χ3v) is 3.38. The standard InChI is InChI=1S/C14H29NO/c1-12(2)15-10-14(3,4)11-16-9-8-13-6-5-7-13/h12-13,15H,5-11H2,1-4H3. The maximum atomic E-state index is 5.80. The summed E-state index contributed by atoms with van der Waals surface area (Å²) in [6, 6.07) is 0.564. The minimum absolute atomic E-state index is 0.254. The van der Waals surface area contributed by atoms with Gasteiger partial charge in [0.2, 0.25) is 0 Å². The van der Waals surface area contributed by atoms with Crippen molar-refractivity contribution in [2.75, 3.05) is 19.8 Å². The van der Waals surface area contributed by atoms with Crippen LogP contribution in [0.5, 0.6) is 0 Å². The van der Waals surface area contributed by atoms with Crippen LogP contribution in [0, 0.1) is 11.3 Å². The van der Waals surface area contributed by atoms with Gasteiger partial charge in [0.05, 0.1) is 6.61 Å². The molecule has 0 aliphatic heterocycles. The van der Waals surface area contributed by atoms with Crippen molar-refractivity contribution in [1.29, 1.82) is 0 Å². The fraction of sp³-hybridized carbons (Fsp3) is 1.00. The van der Waals surface area contributed by atoms with Crippen molar-refractivity contribution in [3.63, 3.8) is 0 Å². The van der Waals surface area contributed by atoms with E-state index in [1.807, 2.05) is 0 Å². The lowest BCUT2D eigenvalue weighted by Gasteiger charge is -2.28. The second kappa shape index (κ2) is 6.61. The van der Waals surface area contributed by atoms with Crippen molar-refractivity contribution >= 4 is 0 Å². The van der Waals surface area contributed by atoms with Gasteiger partial charge >= 0.3 is 0 Å². The Morgan fingerprint density at radius 3 is 2.50 bits per heavy atom. The molecule has 2 nitrogen and oxygen atoms in total. The molecule has 0 heterocycles. The Kier molecular flexibility index (Phi) is 5.77. The maximum Gasteiger partial charge on any atom is 0.0529 e. The van der Waals surface area contributed by atoms with Gasteiger partial charge in [-0.1, -0.05) is 47.0 Å². The van der Waals surface area contributed by atoms with Crippen LogP contribution in [0.1, 0.15) is 53.4 Å². The van der Waals surface area contributed by atoms with E-state index in [0.717, 1.165) is 25.7 Å². The zero-order chi connectivity index (χ0) is 12.0. The van der Waals surface area contributed by atoms with Crippen molar-refractivity contribution < 1.29 is 4.74 Å². The predicted octanol–water partition coefficient (Wildman–Crippen LogP) is 3.22. The molecule has 0 aromatic rings. The van der Waals surface area contributed by atoms with Crippen molar-refractivity contribution in [2.24, 2.45) is 11.3 Å². The van der Waals surface area contributed by atoms with Crippen molar-refractivity contribution in [2.45, 2.75) is 59.4 Å². The van der Waals surface area contributed by atoms with E-state index in [9.17, 15) is 0 Å². The quantitative estimate of drug-likeness (QED) is 0.643. The van der Waals surface area contributed by atoms with Crippen molar-refractivity contribution in [3.8, 4) is 0 Å². The average molecular weight is 227 g/mol. The summed E-state index contributed by atoms with van der Waals surface area (Å²) < 4.78 is 5.80. The summed E-state index contributed by atoms with van der Waals surface area (Å²) in [5, 5.41) is 3.48. The molecule has 0 amide bonds. The largest absolute Gasteiger partial charge is 0.381 e. The van der Waals surface area contributed by atoms with Crippen LogP contribution >= 0.6 is 0 Å². The molecule has 1 aliphatic carbocycles. The Bertz CT molecular complexity index is 185. The Balaban J connectivity index is 2.00. The highest BCUT2D eigenvalue weighted by atomic mass is 16.5. The first kappa shape index (κ1) is 14.0. The van der Waals surface area contributed by atoms with Crippen molar-refractivity contribution in [3.05, 3.63) is 0 Å². The zero-order valence-corrected chi connectivity index (χ0v) is 11.5. The van der Waals surface area contributed by atoms with Gasteiger partial charge in [-0.15, -0.1) is 0 Å². The first-order chi connectivity index (χ1) is 7.49. The first-order valence-corrected chi connectivity index (χ1v) is 6.81. The summed E-state index contributed by atoms with van der Waals surface area (Å²) in [4.78, 5) is 0. The number of ether oxygens (including phenoxy) is 1. The van der Waals surface area contributed by atoms with Crippen LogP contribution in [-0.2, 0) is 4.74 Å². The van der Waals surface area contributed by atoms with E-state index in [2.05, 4.69) is 33.0 Å². The van der Waals surface area contributed by atoms with E-state index in [1.54, 1.807) is 0 Å². The molecular weight excluding hydrogens is 198 g/mol. The molecule has 0 saturated heterocycles. The van der Waals surface area contributed by atoms with Crippen LogP contribution in [0.2, 0.25) is 0 Å². The maximum absolute atomic E-state index is 5.80. The Morgan fingerprint density at radius 1 is 1.31 bits per heavy atom. The molecule has 16 heavy (non-hydrogen) atoms. The monoisotopic (exact) mass is 227 g/mol. The zero-order valence-electron chi connectivity index (χ0n) is 11.5. The van der Waals surface area contributed by atoms with Crippen LogP contribution in [0.25, 0.3) is 0 Å². The summed E-state index contributed by atoms with van der Waals surface area (Å²) in [6.07, 6.45) is 5.57. The number of nitrogens with one attached hydrogen (secondary N) is 1. The fourth-order valence-electron chi connectivity index (χ4n) is 1.91. The van der Waals surface area contributed by atoms with E-state index in [1.165, 1.54) is 25.7 Å². The Labute approximate surface area is 101 Å². The van der Waals surface area contributed by atoms with Crippen LogP contribution in [0.3, 0.4) is 0 Å². The van der Waals surface area contributed by atoms with E-state index < -0.39 is 0 Å². The van der Waals surface area contributed by atoms with Gasteiger partial charge in [0.25, 0.3) is 0 Å². The van der Waals surface area contributed by atoms with Gasteiger partial charge in [-0.25, -0.2) is 0 Å². The lowest BCUT2D eigenvalue weighted by Crippen LogP contribution is -2.36. The van der Waals surface area contributed by atoms with E-state index >= 15 is 0 Å². The lowest BCUT2D eigenvalue weighted by atomic mass is 9.83. The topological polar surface area (TPSA) is 21.3 Å². The molecule has 0 aromatic heterocycles. The predicted molar refractivity (Wildman–Crippen MR) is 69.7 cm³/mol. The van der Waals surface area contributed by atoms with Crippen LogP contribution in [0.4, 0.5) is 0 Å². The molecule has 0 bridgehead atoms. The molecule has 96 valence electrons. The third kappa shape index (κ3) is 5.86. The van der Waals surface area contributed by atoms with Gasteiger partial charge in [0, 0.05) is 24.6 Å². The number of hydrogen-bond acceptors (Lipinski definition) is 2. The van der Waals surface area contributed by atoms with Crippen molar-refractivity contribution in [1.82, 2.24) is 5.32 Å². The molecule has 2 heteroatoms. The lowest BCUT2D eigenvalue weighted by molar-refractivity contribution is 0.0472. The highest BCUT2D eigenvalue weighted by Gasteiger charge is 2.20. The smallest absolute Gasteiger partial charge is 0.0529 e. The molecular formula is C14H29NO. The summed E-state index contributed by atoms with van der Waals surface area (Å²) in [5.41, 5.74) is 0.254. The molecule has 1 fully saturated rings. The highest BCUT2D eigenvalue weighted by Crippen LogP contribution is 2.29. The SMILES string of the molecule is CC(C)NCC(C)(C)COCCC1CCC1. The molecule has 1 N–H and O–H groups in total. The van der Waals surface area contributed by atoms with Gasteiger partial charge in [-0.2, -0.15) is 0 Å². The van der Waals surface area contributed by atoms with E-state index in [0.29, 0.717) is 6.04 Å². The second-order valence-corrected chi connectivity index (χ2v) is 6.34. The molecule has 1 aliphatic rings. The third-order valence-electron chi connectivity index (χ3n) is 3.38. The molecule has 0 atom stereocenters. The van der Waals surface area contributed by atoms with Crippen LogP contribution < -0.4 is 5.32 Å². The second-order valence-electron chi connectivity index (χ2n) is 6.34. The summed E-state index contributed by atoms with van der Waals surface area (Å²) in [5.74, 6) is 0.969. The normalized spacial score (nSPS) is 17.8. The van der Waals surface area contributed by atoms with Gasteiger partial charge in [-0.3, -0.25) is 0 Å². The Hall–Kier alpha value is -0.0800. The molecule has 1 rings (SSSR count). The minimum Gasteiger partial charge on any atom is -0.381 e. The molecule has 0 unspecified atom stereocenters. The fourth-order valence-corrected chi connectivity index (χ4v) is 1.91. The van der Waals surface area contributed by atoms with E-state index in [-0.39, 0.29) is 5.41 Å². The first-order valence-electron chi connectivity index (χ1n) is 6.81. The van der Waals surface area contributed by atoms with Gasteiger partial charge in [0.1, 0.15) is 0 Å². The van der Waals surface area contributed by atoms with E-state index in [4.69, 9.17) is 4.74 Å². The van der Waals surface area contributed by atoms with Gasteiger partial charge < -0.3 is 10.1 Å². The van der Waals surface area contributed by atoms with Gasteiger partial charge in [-0.05, 0) is 12.3 Å². The highest BCUT2D eigenvalue weighted by molar-refractivity contribution is 4.73. The molecule has 0 radical (unpaired) electrons. The molecule has 0 spiro atoms. The summed E-state index contributed by atoms with van der Waals surface area (Å²) >= 11 is 0. The average Bonchev–Trinajstić information content (AvgIpc) is 2.12.